The maximum Gasteiger partial charge on any atom is 0.165 e. The van der Waals surface area contributed by atoms with Crippen LogP contribution < -0.4 is 0 Å². The first-order valence-corrected chi connectivity index (χ1v) is 19.3. The van der Waals surface area contributed by atoms with Crippen LogP contribution in [0, 0.1) is 0 Å². The lowest BCUT2D eigenvalue weighted by atomic mass is 9.68. The van der Waals surface area contributed by atoms with E-state index in [4.69, 9.17) is 29.9 Å². The summed E-state index contributed by atoms with van der Waals surface area (Å²) in [5, 5.41) is 0. The van der Waals surface area contributed by atoms with E-state index in [0.717, 1.165) is 62.0 Å². The number of H-pyrrole nitrogens is 2. The molecule has 8 heteroatoms. The van der Waals surface area contributed by atoms with Crippen molar-refractivity contribution in [1.29, 1.82) is 0 Å². The first kappa shape index (κ1) is 35.4. The van der Waals surface area contributed by atoms with Gasteiger partial charge in [0.15, 0.2) is 11.6 Å². The molecule has 9 rings (SSSR count). The molecule has 4 aromatic carbocycles. The third-order valence-corrected chi connectivity index (χ3v) is 12.9. The van der Waals surface area contributed by atoms with E-state index < -0.39 is 21.7 Å². The maximum absolute atomic E-state index is 5.53. The molecule has 0 amide bonds. The van der Waals surface area contributed by atoms with Crippen molar-refractivity contribution in [2.45, 2.75) is 77.0 Å². The Bertz CT molecular complexity index is 2720. The zero-order valence-electron chi connectivity index (χ0n) is 33.2. The van der Waals surface area contributed by atoms with E-state index in [1.807, 2.05) is 24.3 Å². The van der Waals surface area contributed by atoms with Crippen molar-refractivity contribution < 1.29 is 0 Å². The molecule has 8 bridgehead atoms. The number of benzene rings is 4. The van der Waals surface area contributed by atoms with Crippen molar-refractivity contribution in [3.8, 4) is 22.3 Å². The molecule has 3 aliphatic heterocycles. The molecular weight excluding hydrogens is 689 g/mol. The zero-order chi connectivity index (χ0) is 39.0. The first-order chi connectivity index (χ1) is 26.8. The first-order valence-electron chi connectivity index (χ1n) is 19.3. The molecule has 0 spiro atoms. The highest BCUT2D eigenvalue weighted by molar-refractivity contribution is 6.05. The number of aromatic amines is 2. The van der Waals surface area contributed by atoms with Gasteiger partial charge in [0.1, 0.15) is 34.6 Å². The van der Waals surface area contributed by atoms with E-state index in [1.54, 1.807) is 0 Å². The Morgan fingerprint density at radius 1 is 0.339 bits per heavy atom. The molecular formula is C48H46N8. The van der Waals surface area contributed by atoms with Gasteiger partial charge in [-0.05, 0) is 22.3 Å². The van der Waals surface area contributed by atoms with Gasteiger partial charge < -0.3 is 9.97 Å². The minimum atomic E-state index is -0.467. The standard InChI is InChI=1S/C48H46N8/c1-45(2)41-52-39-35(31-25-17-11-18-26-31)33(29-21-13-9-14-22-29)37(50-39)49-38-34(30-23-15-10-16-24-30)36(32-27-19-12-20-28-32)40(51-38)53-42-46(3,4)48(7,8)44(55-42)56-43(54-41)47(45,5)6/h9-28H,1-8H3,(H2,49,50,51,52,53,54,55,56). The van der Waals surface area contributed by atoms with Gasteiger partial charge in [-0.1, -0.05) is 177 Å². The van der Waals surface area contributed by atoms with E-state index in [2.05, 4.69) is 162 Å². The second-order valence-corrected chi connectivity index (χ2v) is 17.1. The van der Waals surface area contributed by atoms with E-state index in [0.29, 0.717) is 28.8 Å². The molecule has 2 aromatic heterocycles. The summed E-state index contributed by atoms with van der Waals surface area (Å²) in [5.41, 5.74) is 7.26. The SMILES string of the molecule is CC1(C)c2nc(nc3[nH]c(nc4nc(nc5[nH]c(n2)C(C)(C)C5(C)C)C(c2ccccc2)=C4c2ccccc2)c(-c2ccccc2)c3-c2ccccc2)C1(C)C. The van der Waals surface area contributed by atoms with Crippen molar-refractivity contribution in [2.24, 2.45) is 0 Å². The Hall–Kier alpha value is -6.28. The number of hydrogen-bond donors (Lipinski definition) is 2. The molecule has 3 aliphatic rings. The average Bonchev–Trinajstić information content (AvgIpc) is 3.83. The molecule has 5 heterocycles. The van der Waals surface area contributed by atoms with Gasteiger partial charge in [0.2, 0.25) is 0 Å². The van der Waals surface area contributed by atoms with Crippen LogP contribution in [-0.2, 0) is 21.7 Å². The Balaban J connectivity index is 1.53. The lowest BCUT2D eigenvalue weighted by Gasteiger charge is -2.35. The van der Waals surface area contributed by atoms with Crippen LogP contribution in [0.2, 0.25) is 0 Å². The van der Waals surface area contributed by atoms with Crippen molar-refractivity contribution in [3.05, 3.63) is 167 Å². The smallest absolute Gasteiger partial charge is 0.165 e. The van der Waals surface area contributed by atoms with Gasteiger partial charge in [-0.3, -0.25) is 0 Å². The van der Waals surface area contributed by atoms with Crippen LogP contribution in [-0.4, -0.2) is 39.9 Å². The van der Waals surface area contributed by atoms with Crippen molar-refractivity contribution >= 4 is 22.4 Å². The van der Waals surface area contributed by atoms with Crippen LogP contribution >= 0.6 is 0 Å². The molecule has 0 atom stereocenters. The monoisotopic (exact) mass is 734 g/mol. The number of hydrogen-bond acceptors (Lipinski definition) is 6. The van der Waals surface area contributed by atoms with Crippen molar-refractivity contribution in [2.75, 3.05) is 0 Å². The summed E-state index contributed by atoms with van der Waals surface area (Å²) < 4.78 is 0. The number of rotatable bonds is 4. The average molecular weight is 735 g/mol. The molecule has 0 saturated heterocycles. The second-order valence-electron chi connectivity index (χ2n) is 17.1. The molecule has 278 valence electrons. The lowest BCUT2D eigenvalue weighted by Crippen LogP contribution is -2.39. The highest BCUT2D eigenvalue weighted by Gasteiger charge is 2.51. The normalized spacial score (nSPS) is 17.1. The molecule has 0 radical (unpaired) electrons. The molecule has 6 aromatic rings. The number of aromatic nitrogens is 8. The summed E-state index contributed by atoms with van der Waals surface area (Å²) >= 11 is 0. The van der Waals surface area contributed by atoms with Crippen LogP contribution in [0.15, 0.2) is 121 Å². The lowest BCUT2D eigenvalue weighted by molar-refractivity contribution is 0.295. The Morgan fingerprint density at radius 3 is 1.18 bits per heavy atom. The van der Waals surface area contributed by atoms with Gasteiger partial charge in [-0.15, -0.1) is 0 Å². The number of nitrogens with one attached hydrogen (secondary N) is 2. The predicted octanol–water partition coefficient (Wildman–Crippen LogP) is 10.5. The fourth-order valence-electron chi connectivity index (χ4n) is 7.81. The van der Waals surface area contributed by atoms with Gasteiger partial charge in [-0.25, -0.2) is 29.9 Å². The summed E-state index contributed by atoms with van der Waals surface area (Å²) in [6.07, 6.45) is 0. The van der Waals surface area contributed by atoms with Gasteiger partial charge in [0.25, 0.3) is 0 Å². The topological polar surface area (TPSA) is 109 Å². The van der Waals surface area contributed by atoms with Gasteiger partial charge in [0.05, 0.1) is 0 Å². The molecule has 56 heavy (non-hydrogen) atoms. The van der Waals surface area contributed by atoms with Crippen LogP contribution in [0.5, 0.6) is 0 Å². The molecule has 0 unspecified atom stereocenters. The fourth-order valence-corrected chi connectivity index (χ4v) is 7.81. The number of fused-ring (bicyclic) bond motifs is 8. The Kier molecular flexibility index (Phi) is 7.99. The van der Waals surface area contributed by atoms with Crippen molar-refractivity contribution in [3.63, 3.8) is 0 Å². The van der Waals surface area contributed by atoms with Gasteiger partial charge in [-0.2, -0.15) is 0 Å². The van der Waals surface area contributed by atoms with Crippen LogP contribution in [0.4, 0.5) is 0 Å². The Morgan fingerprint density at radius 2 is 0.714 bits per heavy atom. The predicted molar refractivity (Wildman–Crippen MR) is 224 cm³/mol. The van der Waals surface area contributed by atoms with Crippen LogP contribution in [0.3, 0.4) is 0 Å². The summed E-state index contributed by atoms with van der Waals surface area (Å²) in [5.74, 6) is 4.18. The minimum absolute atomic E-state index is 0.420. The summed E-state index contributed by atoms with van der Waals surface area (Å²) in [6.45, 7) is 17.7. The fraction of sp³-hybridized carbons (Fsp3) is 0.250. The van der Waals surface area contributed by atoms with E-state index >= 15 is 0 Å². The van der Waals surface area contributed by atoms with Gasteiger partial charge in [0, 0.05) is 43.9 Å². The quantitative estimate of drug-likeness (QED) is 0.186. The molecule has 0 saturated carbocycles. The third kappa shape index (κ3) is 5.34. The molecule has 0 aliphatic carbocycles. The zero-order valence-corrected chi connectivity index (χ0v) is 33.2. The largest absolute Gasteiger partial charge is 0.331 e. The van der Waals surface area contributed by atoms with Crippen molar-refractivity contribution in [1.82, 2.24) is 39.9 Å². The summed E-state index contributed by atoms with van der Waals surface area (Å²) in [7, 11) is 0. The second kappa shape index (κ2) is 12.6. The summed E-state index contributed by atoms with van der Waals surface area (Å²) in [6, 6.07) is 41.6. The third-order valence-electron chi connectivity index (χ3n) is 12.9. The highest BCUT2D eigenvalue weighted by Crippen LogP contribution is 2.49. The van der Waals surface area contributed by atoms with E-state index in [-0.39, 0.29) is 0 Å². The van der Waals surface area contributed by atoms with Gasteiger partial charge >= 0.3 is 0 Å². The summed E-state index contributed by atoms with van der Waals surface area (Å²) in [4.78, 5) is 39.9. The highest BCUT2D eigenvalue weighted by atomic mass is 15.1. The van der Waals surface area contributed by atoms with E-state index in [1.165, 1.54) is 0 Å². The minimum Gasteiger partial charge on any atom is -0.331 e. The van der Waals surface area contributed by atoms with Crippen LogP contribution in [0.25, 0.3) is 44.7 Å². The number of nitrogens with zero attached hydrogens (tertiary/aromatic N) is 6. The Labute approximate surface area is 328 Å². The molecule has 0 fully saturated rings. The maximum atomic E-state index is 5.53. The molecule has 8 nitrogen and oxygen atoms in total. The molecule has 2 N–H and O–H groups in total. The van der Waals surface area contributed by atoms with E-state index in [9.17, 15) is 0 Å². The van der Waals surface area contributed by atoms with Crippen LogP contribution in [0.1, 0.15) is 101 Å².